The van der Waals surface area contributed by atoms with Gasteiger partial charge in [0.1, 0.15) is 0 Å². The normalized spacial score (nSPS) is 15.2. The van der Waals surface area contributed by atoms with Crippen LogP contribution in [-0.4, -0.2) is 16.1 Å². The van der Waals surface area contributed by atoms with Crippen LogP contribution in [0.3, 0.4) is 0 Å². The third-order valence-electron chi connectivity index (χ3n) is 3.62. The number of ketones is 2. The highest BCUT2D eigenvalue weighted by Gasteiger charge is 2.21. The number of hydrogen-bond acceptors (Lipinski definition) is 2. The van der Waals surface area contributed by atoms with E-state index in [1.54, 1.807) is 0 Å². The molecule has 1 aromatic carbocycles. The Hall–Kier alpha value is -2.42. The van der Waals surface area contributed by atoms with E-state index in [0.717, 1.165) is 22.2 Å². The summed E-state index contributed by atoms with van der Waals surface area (Å²) in [5.74, 6) is -0.249. The van der Waals surface area contributed by atoms with Crippen molar-refractivity contribution in [1.29, 1.82) is 0 Å². The van der Waals surface area contributed by atoms with Crippen molar-refractivity contribution in [2.75, 3.05) is 0 Å². The summed E-state index contributed by atoms with van der Waals surface area (Å²) >= 11 is 0. The van der Waals surface area contributed by atoms with E-state index in [2.05, 4.69) is 0 Å². The molecular formula is C16H13NO2. The van der Waals surface area contributed by atoms with Crippen LogP contribution in [-0.2, 0) is 16.6 Å². The van der Waals surface area contributed by atoms with Crippen LogP contribution in [0.25, 0.3) is 16.5 Å². The van der Waals surface area contributed by atoms with E-state index in [1.165, 1.54) is 18.2 Å². The number of hydrogen-bond donors (Lipinski definition) is 0. The predicted molar refractivity (Wildman–Crippen MR) is 74.8 cm³/mol. The van der Waals surface area contributed by atoms with Crippen LogP contribution in [0.15, 0.2) is 42.5 Å². The minimum absolute atomic E-state index is 0.112. The molecule has 3 heteroatoms. The van der Waals surface area contributed by atoms with E-state index in [1.807, 2.05) is 42.8 Å². The largest absolute Gasteiger partial charge is 0.347 e. The number of rotatable bonds is 1. The van der Waals surface area contributed by atoms with Crippen molar-refractivity contribution in [3.8, 4) is 0 Å². The molecule has 19 heavy (non-hydrogen) atoms. The van der Waals surface area contributed by atoms with Crippen LogP contribution in [0, 0.1) is 6.92 Å². The van der Waals surface area contributed by atoms with Crippen molar-refractivity contribution >= 4 is 28.0 Å². The van der Waals surface area contributed by atoms with Crippen LogP contribution in [0.5, 0.6) is 0 Å². The molecule has 0 unspecified atom stereocenters. The quantitative estimate of drug-likeness (QED) is 0.731. The Bertz CT molecular complexity index is 775. The van der Waals surface area contributed by atoms with Gasteiger partial charge in [0.05, 0.1) is 0 Å². The summed E-state index contributed by atoms with van der Waals surface area (Å²) < 4.78 is 2.04. The summed E-state index contributed by atoms with van der Waals surface area (Å²) in [6, 6.07) is 7.90. The smallest absolute Gasteiger partial charge is 0.186 e. The van der Waals surface area contributed by atoms with E-state index < -0.39 is 0 Å². The van der Waals surface area contributed by atoms with Crippen molar-refractivity contribution in [2.24, 2.45) is 7.05 Å². The molecule has 0 fully saturated rings. The first kappa shape index (κ1) is 11.7. The van der Waals surface area contributed by atoms with Crippen LogP contribution >= 0.6 is 0 Å². The van der Waals surface area contributed by atoms with E-state index >= 15 is 0 Å². The summed E-state index contributed by atoms with van der Waals surface area (Å²) in [6.45, 7) is 1.96. The third-order valence-corrected chi connectivity index (χ3v) is 3.62. The summed E-state index contributed by atoms with van der Waals surface area (Å²) in [5.41, 5.74) is 3.40. The second-order valence-corrected chi connectivity index (χ2v) is 4.69. The van der Waals surface area contributed by atoms with Crippen LogP contribution in [0.1, 0.15) is 11.3 Å². The van der Waals surface area contributed by atoms with Gasteiger partial charge in [-0.2, -0.15) is 0 Å². The standard InChI is InChI=1S/C16H13NO2/c1-10-16(13-9-11(18)7-8-15(13)19)12-5-3-4-6-14(12)17(10)2/h3-9H,1-2H3. The van der Waals surface area contributed by atoms with Crippen molar-refractivity contribution in [1.82, 2.24) is 4.57 Å². The average Bonchev–Trinajstić information content (AvgIpc) is 2.66. The molecule has 1 aliphatic rings. The molecule has 0 atom stereocenters. The van der Waals surface area contributed by atoms with E-state index in [9.17, 15) is 9.59 Å². The first-order valence-electron chi connectivity index (χ1n) is 6.12. The van der Waals surface area contributed by atoms with Gasteiger partial charge in [-0.15, -0.1) is 0 Å². The van der Waals surface area contributed by atoms with Gasteiger partial charge >= 0.3 is 0 Å². The molecule has 1 heterocycles. The Morgan fingerprint density at radius 3 is 2.58 bits per heavy atom. The Morgan fingerprint density at radius 1 is 1.05 bits per heavy atom. The molecule has 2 aromatic rings. The van der Waals surface area contributed by atoms with E-state index in [-0.39, 0.29) is 11.6 Å². The van der Waals surface area contributed by atoms with Gasteiger partial charge in [-0.25, -0.2) is 0 Å². The number of para-hydroxylation sites is 1. The molecule has 1 aromatic heterocycles. The molecule has 0 aliphatic heterocycles. The number of benzene rings is 1. The Labute approximate surface area is 110 Å². The van der Waals surface area contributed by atoms with E-state index in [4.69, 9.17) is 0 Å². The van der Waals surface area contributed by atoms with Crippen molar-refractivity contribution in [3.63, 3.8) is 0 Å². The van der Waals surface area contributed by atoms with E-state index in [0.29, 0.717) is 5.57 Å². The fourth-order valence-corrected chi connectivity index (χ4v) is 2.57. The van der Waals surface area contributed by atoms with Crippen LogP contribution in [0.4, 0.5) is 0 Å². The molecule has 3 nitrogen and oxygen atoms in total. The predicted octanol–water partition coefficient (Wildman–Crippen LogP) is 2.58. The lowest BCUT2D eigenvalue weighted by atomic mass is 9.94. The molecule has 0 bridgehead atoms. The molecule has 3 rings (SSSR count). The maximum Gasteiger partial charge on any atom is 0.186 e. The van der Waals surface area contributed by atoms with Gasteiger partial charge in [0.15, 0.2) is 11.6 Å². The minimum atomic E-state index is -0.137. The Morgan fingerprint density at radius 2 is 1.79 bits per heavy atom. The number of allylic oxidation sites excluding steroid dienone is 4. The highest BCUT2D eigenvalue weighted by molar-refractivity contribution is 6.35. The molecule has 94 valence electrons. The first-order valence-corrected chi connectivity index (χ1v) is 6.12. The van der Waals surface area contributed by atoms with Crippen LogP contribution < -0.4 is 0 Å². The zero-order chi connectivity index (χ0) is 13.6. The highest BCUT2D eigenvalue weighted by atomic mass is 16.1. The fraction of sp³-hybridized carbons (Fsp3) is 0.125. The minimum Gasteiger partial charge on any atom is -0.347 e. The SMILES string of the molecule is Cc1c(C2=CC(=O)C=CC2=O)c2ccccc2n1C. The van der Waals surface area contributed by atoms with Gasteiger partial charge in [-0.05, 0) is 31.2 Å². The molecule has 0 N–H and O–H groups in total. The third kappa shape index (κ3) is 1.66. The lowest BCUT2D eigenvalue weighted by Crippen LogP contribution is -2.07. The lowest BCUT2D eigenvalue weighted by molar-refractivity contribution is -0.113. The summed E-state index contributed by atoms with van der Waals surface area (Å²) in [5, 5.41) is 1.00. The summed E-state index contributed by atoms with van der Waals surface area (Å²) in [4.78, 5) is 23.6. The summed E-state index contributed by atoms with van der Waals surface area (Å²) in [6.07, 6.45) is 4.09. The number of nitrogens with zero attached hydrogens (tertiary/aromatic N) is 1. The average molecular weight is 251 g/mol. The van der Waals surface area contributed by atoms with Gasteiger partial charge in [0, 0.05) is 34.8 Å². The number of fused-ring (bicyclic) bond motifs is 1. The number of aryl methyl sites for hydroxylation is 1. The van der Waals surface area contributed by atoms with Gasteiger partial charge in [-0.1, -0.05) is 18.2 Å². The molecule has 0 saturated heterocycles. The Kier molecular flexibility index (Phi) is 2.49. The fourth-order valence-electron chi connectivity index (χ4n) is 2.57. The number of aromatic nitrogens is 1. The number of carbonyl (C=O) groups excluding carboxylic acids is 2. The zero-order valence-electron chi connectivity index (χ0n) is 10.8. The van der Waals surface area contributed by atoms with Gasteiger partial charge in [0.25, 0.3) is 0 Å². The molecule has 1 aliphatic carbocycles. The molecule has 0 saturated carbocycles. The maximum atomic E-state index is 12.0. The molecule has 0 radical (unpaired) electrons. The van der Waals surface area contributed by atoms with Crippen molar-refractivity contribution in [3.05, 3.63) is 53.8 Å². The highest BCUT2D eigenvalue weighted by Crippen LogP contribution is 2.32. The van der Waals surface area contributed by atoms with Crippen LogP contribution in [0.2, 0.25) is 0 Å². The van der Waals surface area contributed by atoms with Gasteiger partial charge in [-0.3, -0.25) is 9.59 Å². The second kappa shape index (κ2) is 4.05. The second-order valence-electron chi connectivity index (χ2n) is 4.69. The zero-order valence-corrected chi connectivity index (χ0v) is 10.8. The Balaban J connectivity index is 2.35. The van der Waals surface area contributed by atoms with Crippen molar-refractivity contribution in [2.45, 2.75) is 6.92 Å². The van der Waals surface area contributed by atoms with Gasteiger partial charge in [0.2, 0.25) is 0 Å². The molecular weight excluding hydrogens is 238 g/mol. The monoisotopic (exact) mass is 251 g/mol. The topological polar surface area (TPSA) is 39.1 Å². The van der Waals surface area contributed by atoms with Crippen molar-refractivity contribution < 1.29 is 9.59 Å². The maximum absolute atomic E-state index is 12.0. The first-order chi connectivity index (χ1) is 9.09. The molecule has 0 amide bonds. The molecule has 0 spiro atoms. The lowest BCUT2D eigenvalue weighted by Gasteiger charge is -2.07. The summed E-state index contributed by atoms with van der Waals surface area (Å²) in [7, 11) is 1.96. The number of carbonyl (C=O) groups is 2. The van der Waals surface area contributed by atoms with Gasteiger partial charge < -0.3 is 4.57 Å².